The van der Waals surface area contributed by atoms with Gasteiger partial charge in [0.2, 0.25) is 5.88 Å². The maximum absolute atomic E-state index is 7.47. The number of fused-ring (bicyclic) bond motifs is 2. The number of ether oxygens (including phenoxy) is 1. The molecular formula is C24H39N3O5. The SMILES string of the molecule is CC#CCOOOO.c1c(OCCCCN2CCC3CCCCC3C2)nn2c1CCCC2. The molecule has 3 aliphatic rings. The first-order valence-electron chi connectivity index (χ1n) is 12.2. The minimum Gasteiger partial charge on any atom is -0.477 e. The summed E-state index contributed by atoms with van der Waals surface area (Å²) in [7, 11) is 0. The fraction of sp³-hybridized carbons (Fsp3) is 0.792. The van der Waals surface area contributed by atoms with Crippen LogP contribution in [-0.2, 0) is 27.9 Å². The van der Waals surface area contributed by atoms with Crippen molar-refractivity contribution in [2.45, 2.75) is 77.7 Å². The highest BCUT2D eigenvalue weighted by Crippen LogP contribution is 2.36. The molecule has 0 bridgehead atoms. The largest absolute Gasteiger partial charge is 0.477 e. The molecule has 1 saturated carbocycles. The van der Waals surface area contributed by atoms with Crippen LogP contribution in [-0.4, -0.2) is 52.8 Å². The van der Waals surface area contributed by atoms with Gasteiger partial charge in [-0.05, 0) is 86.9 Å². The molecule has 3 heterocycles. The van der Waals surface area contributed by atoms with Gasteiger partial charge in [-0.3, -0.25) is 4.68 Å². The lowest BCUT2D eigenvalue weighted by Crippen LogP contribution is -2.42. The minimum absolute atomic E-state index is 0.0804. The zero-order valence-corrected chi connectivity index (χ0v) is 19.5. The monoisotopic (exact) mass is 449 g/mol. The Labute approximate surface area is 191 Å². The highest BCUT2D eigenvalue weighted by Gasteiger charge is 2.30. The summed E-state index contributed by atoms with van der Waals surface area (Å²) < 4.78 is 8.02. The fourth-order valence-electron chi connectivity index (χ4n) is 5.10. The first-order valence-corrected chi connectivity index (χ1v) is 12.2. The van der Waals surface area contributed by atoms with Crippen LogP contribution in [0.1, 0.15) is 70.4 Å². The number of hydrogen-bond acceptors (Lipinski definition) is 7. The molecule has 1 saturated heterocycles. The zero-order chi connectivity index (χ0) is 22.4. The van der Waals surface area contributed by atoms with Gasteiger partial charge in [0, 0.05) is 24.8 Å². The van der Waals surface area contributed by atoms with E-state index in [0.717, 1.165) is 43.7 Å². The fourth-order valence-corrected chi connectivity index (χ4v) is 5.10. The molecule has 4 rings (SSSR count). The van der Waals surface area contributed by atoms with Crippen molar-refractivity contribution in [3.8, 4) is 17.7 Å². The van der Waals surface area contributed by atoms with E-state index in [-0.39, 0.29) is 6.61 Å². The van der Waals surface area contributed by atoms with Gasteiger partial charge < -0.3 is 9.64 Å². The van der Waals surface area contributed by atoms with Crippen LogP contribution in [0.4, 0.5) is 0 Å². The van der Waals surface area contributed by atoms with Crippen molar-refractivity contribution in [1.29, 1.82) is 0 Å². The van der Waals surface area contributed by atoms with E-state index in [0.29, 0.717) is 0 Å². The zero-order valence-electron chi connectivity index (χ0n) is 19.5. The molecule has 0 amide bonds. The predicted molar refractivity (Wildman–Crippen MR) is 121 cm³/mol. The Kier molecular flexibility index (Phi) is 11.3. The predicted octanol–water partition coefficient (Wildman–Crippen LogP) is 4.25. The van der Waals surface area contributed by atoms with Crippen molar-refractivity contribution >= 4 is 0 Å². The molecule has 1 aromatic heterocycles. The maximum atomic E-state index is 7.47. The van der Waals surface area contributed by atoms with E-state index in [4.69, 9.17) is 9.99 Å². The second-order valence-electron chi connectivity index (χ2n) is 8.94. The molecule has 2 atom stereocenters. The van der Waals surface area contributed by atoms with Gasteiger partial charge in [0.25, 0.3) is 0 Å². The van der Waals surface area contributed by atoms with Gasteiger partial charge >= 0.3 is 0 Å². The summed E-state index contributed by atoms with van der Waals surface area (Å²) >= 11 is 0. The van der Waals surface area contributed by atoms with E-state index in [1.54, 1.807) is 6.92 Å². The molecular weight excluding hydrogens is 410 g/mol. The second-order valence-corrected chi connectivity index (χ2v) is 8.94. The van der Waals surface area contributed by atoms with Gasteiger partial charge in [0.05, 0.1) is 6.61 Å². The Morgan fingerprint density at radius 3 is 2.78 bits per heavy atom. The van der Waals surface area contributed by atoms with Crippen molar-refractivity contribution in [1.82, 2.24) is 14.7 Å². The molecule has 180 valence electrons. The number of nitrogens with zero attached hydrogens (tertiary/aromatic N) is 3. The summed E-state index contributed by atoms with van der Waals surface area (Å²) in [4.78, 5) is 6.79. The molecule has 2 unspecified atom stereocenters. The van der Waals surface area contributed by atoms with Gasteiger partial charge in [-0.1, -0.05) is 25.2 Å². The summed E-state index contributed by atoms with van der Waals surface area (Å²) in [5, 5.41) is 18.7. The lowest BCUT2D eigenvalue weighted by atomic mass is 9.75. The van der Waals surface area contributed by atoms with E-state index in [9.17, 15) is 0 Å². The van der Waals surface area contributed by atoms with Crippen LogP contribution in [0, 0.1) is 23.7 Å². The van der Waals surface area contributed by atoms with E-state index >= 15 is 0 Å². The van der Waals surface area contributed by atoms with Crippen molar-refractivity contribution in [3.05, 3.63) is 11.8 Å². The summed E-state index contributed by atoms with van der Waals surface area (Å²) in [5.74, 6) is 7.92. The lowest BCUT2D eigenvalue weighted by molar-refractivity contribution is -0.620. The van der Waals surface area contributed by atoms with Crippen LogP contribution in [0.3, 0.4) is 0 Å². The first-order chi connectivity index (χ1) is 15.8. The van der Waals surface area contributed by atoms with Crippen LogP contribution >= 0.6 is 0 Å². The molecule has 32 heavy (non-hydrogen) atoms. The van der Waals surface area contributed by atoms with Crippen LogP contribution < -0.4 is 4.74 Å². The minimum atomic E-state index is 0.0804. The van der Waals surface area contributed by atoms with Crippen molar-refractivity contribution in [3.63, 3.8) is 0 Å². The van der Waals surface area contributed by atoms with E-state index in [2.05, 4.69) is 47.6 Å². The van der Waals surface area contributed by atoms with Crippen molar-refractivity contribution in [2.75, 3.05) is 32.8 Å². The Morgan fingerprint density at radius 1 is 1.09 bits per heavy atom. The van der Waals surface area contributed by atoms with Crippen molar-refractivity contribution < 1.29 is 25.0 Å². The highest BCUT2D eigenvalue weighted by molar-refractivity contribution is 5.16. The molecule has 0 spiro atoms. The molecule has 1 aromatic rings. The summed E-state index contributed by atoms with van der Waals surface area (Å²) in [6, 6.07) is 2.15. The Balaban J connectivity index is 0.000000312. The average molecular weight is 450 g/mol. The molecule has 1 aliphatic carbocycles. The van der Waals surface area contributed by atoms with Crippen molar-refractivity contribution in [2.24, 2.45) is 11.8 Å². The lowest BCUT2D eigenvalue weighted by Gasteiger charge is -2.41. The molecule has 2 aliphatic heterocycles. The summed E-state index contributed by atoms with van der Waals surface area (Å²) in [6.07, 6.45) is 13.5. The normalized spacial score (nSPS) is 22.6. The molecule has 8 nitrogen and oxygen atoms in total. The number of rotatable bonds is 9. The highest BCUT2D eigenvalue weighted by atomic mass is 17.6. The van der Waals surface area contributed by atoms with Gasteiger partial charge in [-0.15, -0.1) is 11.0 Å². The van der Waals surface area contributed by atoms with Gasteiger partial charge in [-0.2, -0.15) is 4.89 Å². The van der Waals surface area contributed by atoms with Gasteiger partial charge in [0.1, 0.15) is 6.61 Å². The number of piperidine rings is 1. The smallest absolute Gasteiger partial charge is 0.232 e. The average Bonchev–Trinajstić information content (AvgIpc) is 3.25. The van der Waals surface area contributed by atoms with Crippen LogP contribution in [0.25, 0.3) is 0 Å². The van der Waals surface area contributed by atoms with Gasteiger partial charge in [-0.25, -0.2) is 5.26 Å². The topological polar surface area (TPSA) is 78.2 Å². The van der Waals surface area contributed by atoms with E-state index in [1.807, 2.05) is 0 Å². The Bertz CT molecular complexity index is 691. The molecule has 2 fully saturated rings. The third-order valence-corrected chi connectivity index (χ3v) is 6.77. The third kappa shape index (κ3) is 8.38. The van der Waals surface area contributed by atoms with E-state index < -0.39 is 0 Å². The number of likely N-dealkylation sites (tertiary alicyclic amines) is 1. The quantitative estimate of drug-likeness (QED) is 0.261. The molecule has 8 heteroatoms. The van der Waals surface area contributed by atoms with Crippen LogP contribution in [0.2, 0.25) is 0 Å². The van der Waals surface area contributed by atoms with Gasteiger partial charge in [0.15, 0.2) is 0 Å². The first kappa shape index (κ1) is 25.0. The van der Waals surface area contributed by atoms with E-state index in [1.165, 1.54) is 76.7 Å². The number of hydrogen-bond donors (Lipinski definition) is 1. The second kappa shape index (κ2) is 14.5. The molecule has 0 radical (unpaired) electrons. The van der Waals surface area contributed by atoms with Crippen LogP contribution in [0.5, 0.6) is 5.88 Å². The standard InChI is InChI=1S/C20H33N3O.C4H6O4/c1-2-8-18-16-22(13-10-17(18)7-1)11-5-6-14-24-20-15-19-9-3-4-12-23(19)21-20;1-2-3-4-6-8-7-5/h15,17-18H,1-14,16H2;5H,4H2,1H3. The third-order valence-electron chi connectivity index (χ3n) is 6.77. The summed E-state index contributed by atoms with van der Waals surface area (Å²) in [6.45, 7) is 7.56. The molecule has 1 N–H and O–H groups in total. The Morgan fingerprint density at radius 2 is 1.97 bits per heavy atom. The number of unbranched alkanes of at least 4 members (excludes halogenated alkanes) is 1. The summed E-state index contributed by atoms with van der Waals surface area (Å²) in [5.41, 5.74) is 1.35. The maximum Gasteiger partial charge on any atom is 0.232 e. The Hall–Kier alpha value is -1.63. The molecule has 0 aromatic carbocycles. The number of aryl methyl sites for hydroxylation is 2. The van der Waals surface area contributed by atoms with Crippen LogP contribution in [0.15, 0.2) is 6.07 Å². The number of aromatic nitrogens is 2.